The minimum Gasteiger partial charge on any atom is -0.497 e. The number of methoxy groups -OCH3 is 2. The van der Waals surface area contributed by atoms with Gasteiger partial charge in [-0.15, -0.1) is 0 Å². The highest BCUT2D eigenvalue weighted by Crippen LogP contribution is 2.28. The van der Waals surface area contributed by atoms with Crippen molar-refractivity contribution in [1.82, 2.24) is 5.43 Å². The van der Waals surface area contributed by atoms with E-state index in [2.05, 4.69) is 5.43 Å². The first-order valence-corrected chi connectivity index (χ1v) is 4.41. The van der Waals surface area contributed by atoms with Gasteiger partial charge < -0.3 is 9.47 Å². The van der Waals surface area contributed by atoms with Crippen LogP contribution in [0.4, 0.5) is 0 Å². The smallest absolute Gasteiger partial charge is 0.127 e. The fourth-order valence-electron chi connectivity index (χ4n) is 1.27. The molecule has 0 fully saturated rings. The van der Waals surface area contributed by atoms with E-state index in [9.17, 15) is 0 Å². The number of rotatable bonds is 4. The van der Waals surface area contributed by atoms with Crippen molar-refractivity contribution in [3.8, 4) is 11.5 Å². The summed E-state index contributed by atoms with van der Waals surface area (Å²) in [4.78, 5) is 0. The number of nitrogens with two attached hydrogens (primary N) is 1. The molecule has 0 saturated heterocycles. The number of benzene rings is 1. The third-order valence-electron chi connectivity index (χ3n) is 2.16. The molecule has 0 bridgehead atoms. The average molecular weight is 196 g/mol. The van der Waals surface area contributed by atoms with Crippen LogP contribution >= 0.6 is 0 Å². The van der Waals surface area contributed by atoms with Crippen molar-refractivity contribution >= 4 is 0 Å². The Kier molecular flexibility index (Phi) is 3.73. The Morgan fingerprint density at radius 3 is 2.50 bits per heavy atom. The standard InChI is InChI=1S/C10H16N2O2/c1-7(12-11)9-5-4-8(13-2)6-10(9)14-3/h4-7,12H,11H2,1-3H3/t7-/m0/s1. The van der Waals surface area contributed by atoms with Gasteiger partial charge in [0, 0.05) is 17.7 Å². The molecule has 0 saturated carbocycles. The predicted octanol–water partition coefficient (Wildman–Crippen LogP) is 1.23. The summed E-state index contributed by atoms with van der Waals surface area (Å²) in [6, 6.07) is 5.70. The zero-order valence-corrected chi connectivity index (χ0v) is 8.70. The molecule has 0 aromatic heterocycles. The Bertz CT molecular complexity index is 302. The molecule has 78 valence electrons. The Hall–Kier alpha value is -1.26. The van der Waals surface area contributed by atoms with Crippen molar-refractivity contribution in [3.05, 3.63) is 23.8 Å². The van der Waals surface area contributed by atoms with Crippen LogP contribution in [0, 0.1) is 0 Å². The lowest BCUT2D eigenvalue weighted by Gasteiger charge is -2.15. The van der Waals surface area contributed by atoms with Crippen LogP contribution in [-0.2, 0) is 0 Å². The van der Waals surface area contributed by atoms with Crippen molar-refractivity contribution in [2.75, 3.05) is 14.2 Å². The van der Waals surface area contributed by atoms with Gasteiger partial charge >= 0.3 is 0 Å². The Balaban J connectivity index is 3.04. The van der Waals surface area contributed by atoms with Gasteiger partial charge in [-0.05, 0) is 13.0 Å². The van der Waals surface area contributed by atoms with Gasteiger partial charge in [-0.3, -0.25) is 11.3 Å². The summed E-state index contributed by atoms with van der Waals surface area (Å²) in [6.45, 7) is 1.96. The van der Waals surface area contributed by atoms with Crippen molar-refractivity contribution in [3.63, 3.8) is 0 Å². The fourth-order valence-corrected chi connectivity index (χ4v) is 1.27. The van der Waals surface area contributed by atoms with Crippen LogP contribution < -0.4 is 20.7 Å². The first-order chi connectivity index (χ1) is 6.72. The van der Waals surface area contributed by atoms with Gasteiger partial charge in [-0.1, -0.05) is 6.07 Å². The van der Waals surface area contributed by atoms with E-state index in [0.717, 1.165) is 17.1 Å². The molecule has 1 aromatic rings. The number of ether oxygens (including phenoxy) is 2. The van der Waals surface area contributed by atoms with E-state index in [0.29, 0.717) is 0 Å². The molecule has 4 nitrogen and oxygen atoms in total. The van der Waals surface area contributed by atoms with Gasteiger partial charge in [0.15, 0.2) is 0 Å². The lowest BCUT2D eigenvalue weighted by Crippen LogP contribution is -2.25. The van der Waals surface area contributed by atoms with Crippen LogP contribution in [-0.4, -0.2) is 14.2 Å². The summed E-state index contributed by atoms with van der Waals surface area (Å²) in [5.41, 5.74) is 3.68. The monoisotopic (exact) mass is 196 g/mol. The van der Waals surface area contributed by atoms with Crippen molar-refractivity contribution in [1.29, 1.82) is 0 Å². The van der Waals surface area contributed by atoms with E-state index in [-0.39, 0.29) is 6.04 Å². The maximum atomic E-state index is 5.36. The van der Waals surface area contributed by atoms with Crippen LogP contribution in [0.2, 0.25) is 0 Å². The quantitative estimate of drug-likeness (QED) is 0.561. The molecule has 0 aliphatic carbocycles. The number of hydrogen-bond acceptors (Lipinski definition) is 4. The summed E-state index contributed by atoms with van der Waals surface area (Å²) in [6.07, 6.45) is 0. The van der Waals surface area contributed by atoms with Crippen LogP contribution in [0.15, 0.2) is 18.2 Å². The lowest BCUT2D eigenvalue weighted by molar-refractivity contribution is 0.386. The maximum absolute atomic E-state index is 5.36. The molecule has 1 rings (SSSR count). The summed E-state index contributed by atoms with van der Waals surface area (Å²) in [7, 11) is 3.25. The molecule has 0 spiro atoms. The van der Waals surface area contributed by atoms with Gasteiger partial charge in [0.25, 0.3) is 0 Å². The van der Waals surface area contributed by atoms with Crippen LogP contribution in [0.1, 0.15) is 18.5 Å². The Labute approximate surface area is 84.0 Å². The molecule has 1 aromatic carbocycles. The first-order valence-electron chi connectivity index (χ1n) is 4.41. The summed E-state index contributed by atoms with van der Waals surface area (Å²) >= 11 is 0. The number of hydrazine groups is 1. The fraction of sp³-hybridized carbons (Fsp3) is 0.400. The predicted molar refractivity (Wildman–Crippen MR) is 55.3 cm³/mol. The molecule has 0 heterocycles. The zero-order valence-electron chi connectivity index (χ0n) is 8.70. The number of hydrogen-bond donors (Lipinski definition) is 2. The van der Waals surface area contributed by atoms with E-state index in [1.54, 1.807) is 14.2 Å². The van der Waals surface area contributed by atoms with E-state index in [1.807, 2.05) is 25.1 Å². The minimum absolute atomic E-state index is 0.0517. The maximum Gasteiger partial charge on any atom is 0.127 e. The van der Waals surface area contributed by atoms with Gasteiger partial charge in [0.2, 0.25) is 0 Å². The average Bonchev–Trinajstić information content (AvgIpc) is 2.27. The van der Waals surface area contributed by atoms with Gasteiger partial charge in [-0.25, -0.2) is 0 Å². The molecular formula is C10H16N2O2. The Morgan fingerprint density at radius 1 is 1.29 bits per heavy atom. The van der Waals surface area contributed by atoms with Crippen LogP contribution in [0.5, 0.6) is 11.5 Å². The molecule has 3 N–H and O–H groups in total. The van der Waals surface area contributed by atoms with E-state index in [1.165, 1.54) is 0 Å². The van der Waals surface area contributed by atoms with Gasteiger partial charge in [0.05, 0.1) is 14.2 Å². The van der Waals surface area contributed by atoms with E-state index in [4.69, 9.17) is 15.3 Å². The molecule has 0 unspecified atom stereocenters. The molecule has 0 amide bonds. The second-order valence-corrected chi connectivity index (χ2v) is 3.00. The van der Waals surface area contributed by atoms with Crippen molar-refractivity contribution in [2.45, 2.75) is 13.0 Å². The molecule has 0 aliphatic heterocycles. The third kappa shape index (κ3) is 2.16. The van der Waals surface area contributed by atoms with Gasteiger partial charge in [-0.2, -0.15) is 0 Å². The molecule has 4 heteroatoms. The van der Waals surface area contributed by atoms with E-state index >= 15 is 0 Å². The highest BCUT2D eigenvalue weighted by molar-refractivity contribution is 5.42. The Morgan fingerprint density at radius 2 is 2.00 bits per heavy atom. The zero-order chi connectivity index (χ0) is 10.6. The first kappa shape index (κ1) is 10.8. The molecule has 0 radical (unpaired) electrons. The number of nitrogens with one attached hydrogen (secondary N) is 1. The molecule has 14 heavy (non-hydrogen) atoms. The second kappa shape index (κ2) is 4.83. The van der Waals surface area contributed by atoms with Crippen LogP contribution in [0.25, 0.3) is 0 Å². The topological polar surface area (TPSA) is 56.5 Å². The van der Waals surface area contributed by atoms with Crippen LogP contribution in [0.3, 0.4) is 0 Å². The second-order valence-electron chi connectivity index (χ2n) is 3.00. The van der Waals surface area contributed by atoms with E-state index < -0.39 is 0 Å². The normalized spacial score (nSPS) is 12.3. The highest BCUT2D eigenvalue weighted by atomic mass is 16.5. The van der Waals surface area contributed by atoms with Crippen molar-refractivity contribution < 1.29 is 9.47 Å². The van der Waals surface area contributed by atoms with Gasteiger partial charge in [0.1, 0.15) is 11.5 Å². The summed E-state index contributed by atoms with van der Waals surface area (Å²) in [5.74, 6) is 6.91. The summed E-state index contributed by atoms with van der Waals surface area (Å²) in [5, 5.41) is 0. The lowest BCUT2D eigenvalue weighted by atomic mass is 10.1. The van der Waals surface area contributed by atoms with Crippen molar-refractivity contribution in [2.24, 2.45) is 5.84 Å². The third-order valence-corrected chi connectivity index (χ3v) is 2.16. The SMILES string of the molecule is COc1ccc([C@H](C)NN)c(OC)c1. The molecule has 1 atom stereocenters. The minimum atomic E-state index is 0.0517. The molecule has 0 aliphatic rings. The summed E-state index contributed by atoms with van der Waals surface area (Å²) < 4.78 is 10.3. The largest absolute Gasteiger partial charge is 0.497 e. The molecular weight excluding hydrogens is 180 g/mol. The highest BCUT2D eigenvalue weighted by Gasteiger charge is 2.10.